The molecule has 0 aliphatic heterocycles. The number of anilines is 1. The van der Waals surface area contributed by atoms with E-state index in [0.717, 1.165) is 4.47 Å². The van der Waals surface area contributed by atoms with Crippen molar-refractivity contribution < 1.29 is 23.5 Å². The lowest BCUT2D eigenvalue weighted by atomic mass is 10.1. The fourth-order valence-electron chi connectivity index (χ4n) is 2.09. The second kappa shape index (κ2) is 9.82. The highest BCUT2D eigenvalue weighted by Gasteiger charge is 2.11. The summed E-state index contributed by atoms with van der Waals surface area (Å²) in [5.74, 6) is -1.62. The van der Waals surface area contributed by atoms with E-state index in [4.69, 9.17) is 4.74 Å². The van der Waals surface area contributed by atoms with E-state index < -0.39 is 24.2 Å². The number of hydrogen-bond acceptors (Lipinski definition) is 4. The minimum Gasteiger partial charge on any atom is -0.457 e. The molecular formula is C19H17BrFNO4. The summed E-state index contributed by atoms with van der Waals surface area (Å²) in [5, 5.41) is 2.72. The normalized spacial score (nSPS) is 10.2. The van der Waals surface area contributed by atoms with E-state index in [-0.39, 0.29) is 24.3 Å². The number of nitrogens with one attached hydrogen (secondary N) is 1. The second-order valence-corrected chi connectivity index (χ2v) is 6.42. The van der Waals surface area contributed by atoms with Gasteiger partial charge in [0.1, 0.15) is 5.82 Å². The van der Waals surface area contributed by atoms with Gasteiger partial charge in [0.05, 0.1) is 0 Å². The summed E-state index contributed by atoms with van der Waals surface area (Å²) in [5.41, 5.74) is 0.943. The highest BCUT2D eigenvalue weighted by molar-refractivity contribution is 9.10. The lowest BCUT2D eigenvalue weighted by molar-refractivity contribution is -0.142. The summed E-state index contributed by atoms with van der Waals surface area (Å²) in [6.45, 7) is -0.407. The van der Waals surface area contributed by atoms with Crippen LogP contribution in [0.15, 0.2) is 53.0 Å². The maximum absolute atomic E-state index is 12.8. The number of ether oxygens (including phenoxy) is 1. The minimum atomic E-state index is -0.558. The molecule has 0 unspecified atom stereocenters. The Balaban J connectivity index is 1.65. The minimum absolute atomic E-state index is 0.0322. The van der Waals surface area contributed by atoms with E-state index >= 15 is 0 Å². The largest absolute Gasteiger partial charge is 0.457 e. The molecule has 0 aromatic heterocycles. The number of benzene rings is 2. The summed E-state index contributed by atoms with van der Waals surface area (Å²) in [6, 6.07) is 12.1. The Labute approximate surface area is 158 Å². The number of esters is 1. The van der Waals surface area contributed by atoms with Crippen LogP contribution in [0.5, 0.6) is 0 Å². The van der Waals surface area contributed by atoms with Gasteiger partial charge in [-0.2, -0.15) is 0 Å². The van der Waals surface area contributed by atoms with Gasteiger partial charge in [-0.25, -0.2) is 4.39 Å². The molecule has 0 saturated heterocycles. The monoisotopic (exact) mass is 421 g/mol. The molecule has 136 valence electrons. The van der Waals surface area contributed by atoms with Gasteiger partial charge < -0.3 is 10.1 Å². The molecule has 0 aliphatic rings. The van der Waals surface area contributed by atoms with Crippen molar-refractivity contribution in [2.45, 2.75) is 19.3 Å². The van der Waals surface area contributed by atoms with Crippen molar-refractivity contribution in [3.8, 4) is 0 Å². The van der Waals surface area contributed by atoms with Crippen molar-refractivity contribution in [2.24, 2.45) is 0 Å². The van der Waals surface area contributed by atoms with E-state index in [0.29, 0.717) is 12.1 Å². The zero-order chi connectivity index (χ0) is 18.9. The first-order valence-electron chi connectivity index (χ1n) is 7.94. The van der Waals surface area contributed by atoms with Crippen molar-refractivity contribution in [2.75, 3.05) is 11.9 Å². The van der Waals surface area contributed by atoms with Crippen LogP contribution in [-0.4, -0.2) is 24.3 Å². The predicted octanol–water partition coefficient (Wildman–Crippen LogP) is 4.12. The standard InChI is InChI=1S/C19H17BrFNO4/c20-14-6-10-16(11-7-14)22-18(24)2-1-3-19(25)26-12-17(23)13-4-8-15(21)9-5-13/h4-11H,1-3,12H2,(H,22,24). The van der Waals surface area contributed by atoms with Gasteiger partial charge >= 0.3 is 5.97 Å². The first-order valence-corrected chi connectivity index (χ1v) is 8.73. The molecule has 0 bridgehead atoms. The van der Waals surface area contributed by atoms with Gasteiger partial charge in [-0.1, -0.05) is 15.9 Å². The van der Waals surface area contributed by atoms with E-state index in [9.17, 15) is 18.8 Å². The average Bonchev–Trinajstić information content (AvgIpc) is 2.62. The van der Waals surface area contributed by atoms with Crippen LogP contribution < -0.4 is 5.32 Å². The van der Waals surface area contributed by atoms with Crippen LogP contribution in [0, 0.1) is 5.82 Å². The lowest BCUT2D eigenvalue weighted by Gasteiger charge is -2.06. The van der Waals surface area contributed by atoms with Crippen molar-refractivity contribution in [1.82, 2.24) is 0 Å². The molecule has 1 N–H and O–H groups in total. The maximum atomic E-state index is 12.8. The van der Waals surface area contributed by atoms with Crippen molar-refractivity contribution in [3.05, 3.63) is 64.4 Å². The Bertz CT molecular complexity index is 775. The third-order valence-electron chi connectivity index (χ3n) is 3.44. The Morgan fingerprint density at radius 3 is 2.27 bits per heavy atom. The van der Waals surface area contributed by atoms with Gasteiger partial charge in [0.15, 0.2) is 12.4 Å². The molecule has 0 heterocycles. The molecule has 0 radical (unpaired) electrons. The van der Waals surface area contributed by atoms with Crippen molar-refractivity contribution >= 4 is 39.3 Å². The van der Waals surface area contributed by atoms with Gasteiger partial charge in [0.25, 0.3) is 0 Å². The fourth-order valence-corrected chi connectivity index (χ4v) is 2.35. The highest BCUT2D eigenvalue weighted by Crippen LogP contribution is 2.14. The lowest BCUT2D eigenvalue weighted by Crippen LogP contribution is -2.15. The molecule has 0 atom stereocenters. The molecule has 0 saturated carbocycles. The summed E-state index contributed by atoms with van der Waals surface area (Å²) < 4.78 is 18.6. The van der Waals surface area contributed by atoms with Crippen LogP contribution in [0.4, 0.5) is 10.1 Å². The summed E-state index contributed by atoms with van der Waals surface area (Å²) in [4.78, 5) is 35.2. The predicted molar refractivity (Wildman–Crippen MR) is 98.3 cm³/mol. The van der Waals surface area contributed by atoms with E-state index in [2.05, 4.69) is 21.2 Å². The number of carbonyl (C=O) groups is 3. The first kappa shape index (κ1) is 19.8. The number of Topliss-reactive ketones (excluding diaryl/α,β-unsaturated/α-hetero) is 1. The Morgan fingerprint density at radius 1 is 0.962 bits per heavy atom. The first-order chi connectivity index (χ1) is 12.4. The molecule has 0 spiro atoms. The number of carbonyl (C=O) groups excluding carboxylic acids is 3. The molecule has 2 aromatic carbocycles. The summed E-state index contributed by atoms with van der Waals surface area (Å²) in [6.07, 6.45) is 0.507. The van der Waals surface area contributed by atoms with E-state index in [1.807, 2.05) is 12.1 Å². The van der Waals surface area contributed by atoms with Crippen LogP contribution in [0.2, 0.25) is 0 Å². The van der Waals surface area contributed by atoms with Crippen LogP contribution >= 0.6 is 15.9 Å². The quantitative estimate of drug-likeness (QED) is 0.513. The third-order valence-corrected chi connectivity index (χ3v) is 3.97. The average molecular weight is 422 g/mol. The van der Waals surface area contributed by atoms with Gasteiger partial charge in [-0.05, 0) is 55.0 Å². The van der Waals surface area contributed by atoms with Crippen LogP contribution in [0.1, 0.15) is 29.6 Å². The van der Waals surface area contributed by atoms with Gasteiger partial charge in [-0.3, -0.25) is 14.4 Å². The van der Waals surface area contributed by atoms with Crippen LogP contribution in [-0.2, 0) is 14.3 Å². The van der Waals surface area contributed by atoms with Crippen LogP contribution in [0.3, 0.4) is 0 Å². The zero-order valence-electron chi connectivity index (χ0n) is 13.8. The maximum Gasteiger partial charge on any atom is 0.306 e. The fraction of sp³-hybridized carbons (Fsp3) is 0.211. The number of ketones is 1. The van der Waals surface area contributed by atoms with Crippen molar-refractivity contribution in [3.63, 3.8) is 0 Å². The SMILES string of the molecule is O=C(CCCC(=O)OCC(=O)c1ccc(F)cc1)Nc1ccc(Br)cc1. The Hall–Kier alpha value is -2.54. The molecule has 2 aromatic rings. The topological polar surface area (TPSA) is 72.5 Å². The number of halogens is 2. The van der Waals surface area contributed by atoms with Gasteiger partial charge in [0.2, 0.25) is 5.91 Å². The molecule has 0 aliphatic carbocycles. The van der Waals surface area contributed by atoms with Crippen molar-refractivity contribution in [1.29, 1.82) is 0 Å². The van der Waals surface area contributed by atoms with Crippen LogP contribution in [0.25, 0.3) is 0 Å². The molecule has 7 heteroatoms. The number of rotatable bonds is 8. The molecule has 0 fully saturated rings. The molecule has 2 rings (SSSR count). The van der Waals surface area contributed by atoms with Gasteiger partial charge in [0, 0.05) is 28.6 Å². The molecule has 1 amide bonds. The van der Waals surface area contributed by atoms with E-state index in [1.54, 1.807) is 12.1 Å². The second-order valence-electron chi connectivity index (χ2n) is 5.50. The number of amides is 1. The Morgan fingerprint density at radius 2 is 1.62 bits per heavy atom. The third kappa shape index (κ3) is 6.76. The highest BCUT2D eigenvalue weighted by atomic mass is 79.9. The van der Waals surface area contributed by atoms with E-state index in [1.165, 1.54) is 24.3 Å². The summed E-state index contributed by atoms with van der Waals surface area (Å²) >= 11 is 3.31. The molecule has 5 nitrogen and oxygen atoms in total. The molecule has 26 heavy (non-hydrogen) atoms. The number of hydrogen-bond donors (Lipinski definition) is 1. The van der Waals surface area contributed by atoms with Gasteiger partial charge in [-0.15, -0.1) is 0 Å². The molecular weight excluding hydrogens is 405 g/mol. The summed E-state index contributed by atoms with van der Waals surface area (Å²) in [7, 11) is 0. The smallest absolute Gasteiger partial charge is 0.306 e. The Kier molecular flexibility index (Phi) is 7.47. The zero-order valence-corrected chi connectivity index (χ0v) is 15.4.